The molecule has 1 heterocycles. The van der Waals surface area contributed by atoms with E-state index < -0.39 is 23.5 Å². The number of esters is 1. The minimum Gasteiger partial charge on any atom is -0.462 e. The van der Waals surface area contributed by atoms with E-state index in [2.05, 4.69) is 4.98 Å². The number of amides is 1. The lowest BCUT2D eigenvalue weighted by Gasteiger charge is -2.19. The molecule has 1 aromatic heterocycles. The molecule has 1 saturated carbocycles. The summed E-state index contributed by atoms with van der Waals surface area (Å²) in [5, 5.41) is 0.289. The largest absolute Gasteiger partial charge is 0.462 e. The Morgan fingerprint density at radius 1 is 1.36 bits per heavy atom. The standard InChI is InChI=1S/C17H16F2N2O3S/c1-3-24-16(23)14-9(2)20-17(25-14)21(11-5-6-11)15(22)12-8-10(18)4-7-13(12)19/h4,7-8,11H,3,5-6H2,1-2H3. The second-order valence-electron chi connectivity index (χ2n) is 5.66. The molecule has 5 nitrogen and oxygen atoms in total. The van der Waals surface area contributed by atoms with Crippen molar-refractivity contribution < 1.29 is 23.1 Å². The number of thiazole rings is 1. The van der Waals surface area contributed by atoms with Crippen molar-refractivity contribution >= 4 is 28.3 Å². The van der Waals surface area contributed by atoms with Crippen LogP contribution in [0.5, 0.6) is 0 Å². The van der Waals surface area contributed by atoms with Gasteiger partial charge in [0.15, 0.2) is 5.13 Å². The molecule has 0 unspecified atom stereocenters. The van der Waals surface area contributed by atoms with E-state index in [4.69, 9.17) is 4.74 Å². The van der Waals surface area contributed by atoms with Gasteiger partial charge in [-0.05, 0) is 44.9 Å². The molecule has 1 aliphatic rings. The van der Waals surface area contributed by atoms with Crippen molar-refractivity contribution in [3.63, 3.8) is 0 Å². The average molecular weight is 366 g/mol. The number of ether oxygens (including phenoxy) is 1. The monoisotopic (exact) mass is 366 g/mol. The molecule has 8 heteroatoms. The number of halogens is 2. The molecule has 0 N–H and O–H groups in total. The molecule has 0 spiro atoms. The van der Waals surface area contributed by atoms with Gasteiger partial charge >= 0.3 is 5.97 Å². The molecule has 1 amide bonds. The molecule has 3 rings (SSSR count). The zero-order valence-corrected chi connectivity index (χ0v) is 14.5. The molecule has 132 valence electrons. The third-order valence-corrected chi connectivity index (χ3v) is 4.88. The van der Waals surface area contributed by atoms with Crippen LogP contribution in [-0.4, -0.2) is 29.5 Å². The number of carbonyl (C=O) groups is 2. The summed E-state index contributed by atoms with van der Waals surface area (Å²) >= 11 is 1.02. The van der Waals surface area contributed by atoms with E-state index in [-0.39, 0.29) is 23.3 Å². The zero-order chi connectivity index (χ0) is 18.1. The Kier molecular flexibility index (Phi) is 4.80. The highest BCUT2D eigenvalue weighted by Crippen LogP contribution is 2.37. The second-order valence-corrected chi connectivity index (χ2v) is 6.64. The van der Waals surface area contributed by atoms with E-state index in [1.165, 1.54) is 4.90 Å². The number of benzene rings is 1. The summed E-state index contributed by atoms with van der Waals surface area (Å²) in [6, 6.07) is 2.63. The van der Waals surface area contributed by atoms with E-state index in [9.17, 15) is 18.4 Å². The summed E-state index contributed by atoms with van der Waals surface area (Å²) in [4.78, 5) is 30.7. The number of hydrogen-bond donors (Lipinski definition) is 0. The zero-order valence-electron chi connectivity index (χ0n) is 13.7. The van der Waals surface area contributed by atoms with Crippen molar-refractivity contribution in [1.82, 2.24) is 4.98 Å². The van der Waals surface area contributed by atoms with Crippen LogP contribution in [0.3, 0.4) is 0 Å². The lowest BCUT2D eigenvalue weighted by molar-refractivity contribution is 0.0531. The number of carbonyl (C=O) groups excluding carboxylic acids is 2. The van der Waals surface area contributed by atoms with Crippen LogP contribution in [0.1, 0.15) is 45.5 Å². The Labute approximate surface area is 147 Å². The van der Waals surface area contributed by atoms with Crippen LogP contribution in [0.25, 0.3) is 0 Å². The molecule has 0 bridgehead atoms. The quantitative estimate of drug-likeness (QED) is 0.757. The van der Waals surface area contributed by atoms with Gasteiger partial charge in [-0.15, -0.1) is 0 Å². The number of aryl methyl sites for hydroxylation is 1. The number of hydrogen-bond acceptors (Lipinski definition) is 5. The highest BCUT2D eigenvalue weighted by Gasteiger charge is 2.38. The second kappa shape index (κ2) is 6.87. The topological polar surface area (TPSA) is 59.5 Å². The molecule has 0 aliphatic heterocycles. The summed E-state index contributed by atoms with van der Waals surface area (Å²) in [7, 11) is 0. The fraction of sp³-hybridized carbons (Fsp3) is 0.353. The molecular formula is C17H16F2N2O3S. The number of aromatic nitrogens is 1. The Hall–Kier alpha value is -2.35. The van der Waals surface area contributed by atoms with E-state index >= 15 is 0 Å². The van der Waals surface area contributed by atoms with E-state index in [0.29, 0.717) is 10.6 Å². The molecule has 0 radical (unpaired) electrons. The smallest absolute Gasteiger partial charge is 0.350 e. The van der Waals surface area contributed by atoms with Crippen LogP contribution in [0, 0.1) is 18.6 Å². The average Bonchev–Trinajstić information content (AvgIpc) is 3.32. The van der Waals surface area contributed by atoms with Gasteiger partial charge in [0.2, 0.25) is 0 Å². The van der Waals surface area contributed by atoms with E-state index in [0.717, 1.165) is 42.4 Å². The van der Waals surface area contributed by atoms with Gasteiger partial charge in [0.1, 0.15) is 16.5 Å². The van der Waals surface area contributed by atoms with Crippen LogP contribution >= 0.6 is 11.3 Å². The minimum atomic E-state index is -0.795. The maximum absolute atomic E-state index is 14.0. The first-order valence-electron chi connectivity index (χ1n) is 7.85. The van der Waals surface area contributed by atoms with Crippen molar-refractivity contribution in [1.29, 1.82) is 0 Å². The van der Waals surface area contributed by atoms with Crippen LogP contribution in [-0.2, 0) is 4.74 Å². The predicted octanol–water partition coefficient (Wildman–Crippen LogP) is 3.72. The van der Waals surface area contributed by atoms with E-state index in [1.54, 1.807) is 13.8 Å². The summed E-state index contributed by atoms with van der Waals surface area (Å²) in [5.41, 5.74) is 0.0917. The Bertz CT molecular complexity index is 833. The highest BCUT2D eigenvalue weighted by atomic mass is 32.1. The van der Waals surface area contributed by atoms with Crippen LogP contribution < -0.4 is 4.90 Å². The summed E-state index contributed by atoms with van der Waals surface area (Å²) in [5.74, 6) is -2.66. The Morgan fingerprint density at radius 2 is 2.08 bits per heavy atom. The lowest BCUT2D eigenvalue weighted by Crippen LogP contribution is -2.33. The fourth-order valence-electron chi connectivity index (χ4n) is 2.40. The highest BCUT2D eigenvalue weighted by molar-refractivity contribution is 7.17. The fourth-order valence-corrected chi connectivity index (χ4v) is 3.44. The van der Waals surface area contributed by atoms with Gasteiger partial charge in [0.05, 0.1) is 17.9 Å². The molecule has 1 aliphatic carbocycles. The number of rotatable bonds is 5. The Morgan fingerprint density at radius 3 is 2.72 bits per heavy atom. The van der Waals surface area contributed by atoms with Crippen molar-refractivity contribution in [2.75, 3.05) is 11.5 Å². The lowest BCUT2D eigenvalue weighted by atomic mass is 10.2. The normalized spacial score (nSPS) is 13.6. The molecule has 1 aromatic carbocycles. The number of nitrogens with zero attached hydrogens (tertiary/aromatic N) is 2. The SMILES string of the molecule is CCOC(=O)c1sc(N(C(=O)c2cc(F)ccc2F)C2CC2)nc1C. The van der Waals surface area contributed by atoms with Gasteiger partial charge in [0.25, 0.3) is 5.91 Å². The van der Waals surface area contributed by atoms with Crippen molar-refractivity contribution in [3.8, 4) is 0 Å². The van der Waals surface area contributed by atoms with Gasteiger partial charge in [-0.25, -0.2) is 18.6 Å². The summed E-state index contributed by atoms with van der Waals surface area (Å²) in [6.07, 6.45) is 1.49. The number of anilines is 1. The van der Waals surface area contributed by atoms with Gasteiger partial charge in [-0.2, -0.15) is 0 Å². The van der Waals surface area contributed by atoms with Crippen molar-refractivity contribution in [3.05, 3.63) is 46.0 Å². The van der Waals surface area contributed by atoms with Gasteiger partial charge in [0, 0.05) is 6.04 Å². The third kappa shape index (κ3) is 3.53. The summed E-state index contributed by atoms with van der Waals surface area (Å²) < 4.78 is 32.4. The van der Waals surface area contributed by atoms with Gasteiger partial charge in [-0.3, -0.25) is 9.69 Å². The third-order valence-electron chi connectivity index (χ3n) is 3.74. The first-order chi connectivity index (χ1) is 11.9. The maximum Gasteiger partial charge on any atom is 0.350 e. The first kappa shape index (κ1) is 17.5. The van der Waals surface area contributed by atoms with E-state index in [1.807, 2.05) is 0 Å². The minimum absolute atomic E-state index is 0.129. The van der Waals surface area contributed by atoms with Gasteiger partial charge < -0.3 is 4.74 Å². The summed E-state index contributed by atoms with van der Waals surface area (Å²) in [6.45, 7) is 3.57. The van der Waals surface area contributed by atoms with Crippen molar-refractivity contribution in [2.45, 2.75) is 32.7 Å². The maximum atomic E-state index is 14.0. The molecular weight excluding hydrogens is 350 g/mol. The molecule has 0 saturated heterocycles. The molecule has 2 aromatic rings. The first-order valence-corrected chi connectivity index (χ1v) is 8.67. The van der Waals surface area contributed by atoms with Crippen LogP contribution in [0.15, 0.2) is 18.2 Å². The predicted molar refractivity (Wildman–Crippen MR) is 89.0 cm³/mol. The van der Waals surface area contributed by atoms with Crippen LogP contribution in [0.4, 0.5) is 13.9 Å². The Balaban J connectivity index is 1.97. The van der Waals surface area contributed by atoms with Crippen LogP contribution in [0.2, 0.25) is 0 Å². The van der Waals surface area contributed by atoms with Crippen molar-refractivity contribution in [2.24, 2.45) is 0 Å². The van der Waals surface area contributed by atoms with Gasteiger partial charge in [-0.1, -0.05) is 11.3 Å². The molecule has 1 fully saturated rings. The molecule has 0 atom stereocenters. The molecule has 25 heavy (non-hydrogen) atoms.